The summed E-state index contributed by atoms with van der Waals surface area (Å²) < 4.78 is 5.19. The molecule has 1 fully saturated rings. The Labute approximate surface area is 132 Å². The third-order valence-corrected chi connectivity index (χ3v) is 3.94. The van der Waals surface area contributed by atoms with Crippen molar-refractivity contribution in [1.29, 1.82) is 0 Å². The number of amides is 1. The predicted octanol–water partition coefficient (Wildman–Crippen LogP) is 3.59. The molecule has 1 heterocycles. The van der Waals surface area contributed by atoms with E-state index >= 15 is 0 Å². The lowest BCUT2D eigenvalue weighted by Gasteiger charge is -2.00. The Kier molecular flexibility index (Phi) is 4.25. The number of carbonyl (C=O) groups is 1. The van der Waals surface area contributed by atoms with Gasteiger partial charge < -0.3 is 10.1 Å². The number of nitrogens with zero attached hydrogens (tertiary/aromatic N) is 1. The summed E-state index contributed by atoms with van der Waals surface area (Å²) in [5.74, 6) is 0.624. The monoisotopic (exact) mass is 310 g/mol. The van der Waals surface area contributed by atoms with Gasteiger partial charge in [-0.1, -0.05) is 30.3 Å². The molecule has 110 valence electrons. The summed E-state index contributed by atoms with van der Waals surface area (Å²) in [6.45, 7) is 0. The minimum Gasteiger partial charge on any atom is -0.497 e. The molecule has 0 radical (unpaired) electrons. The molecule has 0 aromatic heterocycles. The van der Waals surface area contributed by atoms with E-state index in [0.717, 1.165) is 17.0 Å². The molecule has 0 bridgehead atoms. The maximum Gasteiger partial charge on any atom is 0.264 e. The molecule has 1 amide bonds. The molecule has 0 aliphatic carbocycles. The third kappa shape index (κ3) is 3.38. The highest BCUT2D eigenvalue weighted by Gasteiger charge is 2.23. The molecular weight excluding hydrogens is 296 g/mol. The van der Waals surface area contributed by atoms with E-state index in [4.69, 9.17) is 4.74 Å². The number of rotatable bonds is 3. The Morgan fingerprint density at radius 2 is 1.95 bits per heavy atom. The van der Waals surface area contributed by atoms with Crippen LogP contribution in [0.25, 0.3) is 6.08 Å². The van der Waals surface area contributed by atoms with Gasteiger partial charge in [0.25, 0.3) is 5.91 Å². The number of benzene rings is 2. The van der Waals surface area contributed by atoms with Gasteiger partial charge in [-0.25, -0.2) is 4.99 Å². The van der Waals surface area contributed by atoms with Gasteiger partial charge in [-0.3, -0.25) is 4.79 Å². The first-order chi connectivity index (χ1) is 10.7. The minimum absolute atomic E-state index is 0.137. The quantitative estimate of drug-likeness (QED) is 0.882. The summed E-state index contributed by atoms with van der Waals surface area (Å²) in [4.78, 5) is 17.1. The van der Waals surface area contributed by atoms with Crippen molar-refractivity contribution in [3.05, 3.63) is 65.1 Å². The largest absolute Gasteiger partial charge is 0.497 e. The van der Waals surface area contributed by atoms with Crippen LogP contribution in [0.4, 0.5) is 5.69 Å². The van der Waals surface area contributed by atoms with Gasteiger partial charge in [0.15, 0.2) is 5.17 Å². The van der Waals surface area contributed by atoms with E-state index < -0.39 is 0 Å². The number of ether oxygens (including phenoxy) is 1. The van der Waals surface area contributed by atoms with Gasteiger partial charge in [0.05, 0.1) is 17.7 Å². The summed E-state index contributed by atoms with van der Waals surface area (Å²) in [6, 6.07) is 17.1. The molecule has 0 atom stereocenters. The van der Waals surface area contributed by atoms with E-state index in [2.05, 4.69) is 10.3 Å². The van der Waals surface area contributed by atoms with E-state index in [1.54, 1.807) is 7.11 Å². The van der Waals surface area contributed by atoms with Crippen molar-refractivity contribution < 1.29 is 9.53 Å². The number of para-hydroxylation sites is 1. The van der Waals surface area contributed by atoms with Crippen molar-refractivity contribution >= 4 is 34.6 Å². The number of hydrogen-bond donors (Lipinski definition) is 1. The zero-order valence-electron chi connectivity index (χ0n) is 11.9. The van der Waals surface area contributed by atoms with Crippen LogP contribution < -0.4 is 10.1 Å². The second kappa shape index (κ2) is 6.49. The van der Waals surface area contributed by atoms with Crippen LogP contribution >= 0.6 is 11.8 Å². The fraction of sp³-hybridized carbons (Fsp3) is 0.0588. The fourth-order valence-electron chi connectivity index (χ4n) is 1.98. The maximum absolute atomic E-state index is 12.0. The molecule has 0 saturated carbocycles. The molecule has 1 aliphatic heterocycles. The first kappa shape index (κ1) is 14.4. The highest BCUT2D eigenvalue weighted by atomic mass is 32.2. The van der Waals surface area contributed by atoms with Crippen molar-refractivity contribution in [2.45, 2.75) is 0 Å². The number of thioether (sulfide) groups is 1. The van der Waals surface area contributed by atoms with Crippen LogP contribution in [-0.2, 0) is 4.79 Å². The third-order valence-electron chi connectivity index (χ3n) is 3.03. The molecule has 2 aromatic carbocycles. The van der Waals surface area contributed by atoms with Crippen LogP contribution in [0.5, 0.6) is 5.75 Å². The van der Waals surface area contributed by atoms with E-state index in [1.807, 2.05) is 60.7 Å². The Morgan fingerprint density at radius 1 is 1.14 bits per heavy atom. The smallest absolute Gasteiger partial charge is 0.264 e. The van der Waals surface area contributed by atoms with E-state index in [9.17, 15) is 4.79 Å². The molecular formula is C17H14N2O2S. The second-order valence-corrected chi connectivity index (χ2v) is 5.62. The molecule has 0 unspecified atom stereocenters. The fourth-order valence-corrected chi connectivity index (χ4v) is 2.82. The van der Waals surface area contributed by atoms with Crippen LogP contribution in [0, 0.1) is 0 Å². The summed E-state index contributed by atoms with van der Waals surface area (Å²) in [5.41, 5.74) is 1.73. The van der Waals surface area contributed by atoms with E-state index in [0.29, 0.717) is 10.1 Å². The first-order valence-corrected chi connectivity index (χ1v) is 7.55. The number of amidine groups is 1. The first-order valence-electron chi connectivity index (χ1n) is 6.73. The molecule has 4 nitrogen and oxygen atoms in total. The number of aliphatic imine (C=N–C) groups is 1. The average molecular weight is 310 g/mol. The van der Waals surface area contributed by atoms with Crippen LogP contribution in [0.15, 0.2) is 64.5 Å². The predicted molar refractivity (Wildman–Crippen MR) is 90.2 cm³/mol. The molecule has 1 N–H and O–H groups in total. The molecule has 1 aliphatic rings. The highest BCUT2D eigenvalue weighted by molar-refractivity contribution is 8.18. The normalized spacial score (nSPS) is 17.8. The zero-order chi connectivity index (χ0) is 15.4. The summed E-state index contributed by atoms with van der Waals surface area (Å²) in [6.07, 6.45) is 1.83. The summed E-state index contributed by atoms with van der Waals surface area (Å²) in [7, 11) is 1.62. The molecule has 22 heavy (non-hydrogen) atoms. The maximum atomic E-state index is 12.0. The van der Waals surface area contributed by atoms with Crippen molar-refractivity contribution in [3.63, 3.8) is 0 Å². The molecule has 5 heteroatoms. The van der Waals surface area contributed by atoms with Gasteiger partial charge in [0.1, 0.15) is 5.75 Å². The lowest BCUT2D eigenvalue weighted by atomic mass is 10.2. The molecule has 2 aromatic rings. The van der Waals surface area contributed by atoms with Gasteiger partial charge in [-0.15, -0.1) is 0 Å². The van der Waals surface area contributed by atoms with Gasteiger partial charge >= 0.3 is 0 Å². The number of nitrogens with one attached hydrogen (secondary N) is 1. The van der Waals surface area contributed by atoms with Gasteiger partial charge in [-0.05, 0) is 47.7 Å². The average Bonchev–Trinajstić information content (AvgIpc) is 2.88. The van der Waals surface area contributed by atoms with Gasteiger partial charge in [-0.2, -0.15) is 0 Å². The Morgan fingerprint density at radius 3 is 2.73 bits per heavy atom. The SMILES string of the molecule is COc1cccc(/C=C2\SC(=Nc3ccccc3)NC2=O)c1. The van der Waals surface area contributed by atoms with Crippen LogP contribution in [0.1, 0.15) is 5.56 Å². The second-order valence-electron chi connectivity index (χ2n) is 4.59. The van der Waals surface area contributed by atoms with Crippen molar-refractivity contribution in [2.75, 3.05) is 7.11 Å². The van der Waals surface area contributed by atoms with Crippen molar-refractivity contribution in [3.8, 4) is 5.75 Å². The Hall–Kier alpha value is -2.53. The van der Waals surface area contributed by atoms with Crippen molar-refractivity contribution in [2.24, 2.45) is 4.99 Å². The van der Waals surface area contributed by atoms with E-state index in [-0.39, 0.29) is 5.91 Å². The van der Waals surface area contributed by atoms with Crippen LogP contribution in [0.2, 0.25) is 0 Å². The number of carbonyl (C=O) groups excluding carboxylic acids is 1. The Balaban J connectivity index is 1.82. The summed E-state index contributed by atoms with van der Waals surface area (Å²) in [5, 5.41) is 3.36. The minimum atomic E-state index is -0.137. The Bertz CT molecular complexity index is 754. The highest BCUT2D eigenvalue weighted by Crippen LogP contribution is 2.28. The van der Waals surface area contributed by atoms with E-state index in [1.165, 1.54) is 11.8 Å². The van der Waals surface area contributed by atoms with Crippen LogP contribution in [-0.4, -0.2) is 18.2 Å². The topological polar surface area (TPSA) is 50.7 Å². The standard InChI is InChI=1S/C17H14N2O2S/c1-21-14-9-5-6-12(10-14)11-15-16(20)19-17(22-15)18-13-7-3-2-4-8-13/h2-11H,1H3,(H,18,19,20)/b15-11-. The van der Waals surface area contributed by atoms with Gasteiger partial charge in [0.2, 0.25) is 0 Å². The van der Waals surface area contributed by atoms with Gasteiger partial charge in [0, 0.05) is 0 Å². The zero-order valence-corrected chi connectivity index (χ0v) is 12.8. The van der Waals surface area contributed by atoms with Crippen LogP contribution in [0.3, 0.4) is 0 Å². The lowest BCUT2D eigenvalue weighted by Crippen LogP contribution is -2.19. The number of methoxy groups -OCH3 is 1. The van der Waals surface area contributed by atoms with Crippen molar-refractivity contribution in [1.82, 2.24) is 5.32 Å². The lowest BCUT2D eigenvalue weighted by molar-refractivity contribution is -0.115. The molecule has 1 saturated heterocycles. The number of hydrogen-bond acceptors (Lipinski definition) is 4. The molecule has 0 spiro atoms. The molecule has 3 rings (SSSR count). The summed E-state index contributed by atoms with van der Waals surface area (Å²) >= 11 is 1.33.